The quantitative estimate of drug-likeness (QED) is 0.414. The molecule has 154 valence electrons. The number of fused-ring (bicyclic) bond motifs is 1. The van der Waals surface area contributed by atoms with Crippen molar-refractivity contribution in [2.75, 3.05) is 11.9 Å². The van der Waals surface area contributed by atoms with Crippen molar-refractivity contribution in [2.24, 2.45) is 0 Å². The predicted octanol–water partition coefficient (Wildman–Crippen LogP) is 1.52. The molecule has 30 heavy (non-hydrogen) atoms. The number of carbonyl (C=O) groups excluding carboxylic acids is 3. The molecule has 1 aromatic heterocycles. The Balaban J connectivity index is 1.34. The van der Waals surface area contributed by atoms with Gasteiger partial charge < -0.3 is 14.8 Å². The molecule has 1 saturated heterocycles. The van der Waals surface area contributed by atoms with Gasteiger partial charge in [0.25, 0.3) is 5.91 Å². The van der Waals surface area contributed by atoms with Crippen molar-refractivity contribution in [3.05, 3.63) is 47.5 Å². The SMILES string of the molecule is C#Cc1cn(CCCCNc2cccc3c2CN(C2CCC(=O)NC2=O)C3=O)cn1. The highest BCUT2D eigenvalue weighted by Gasteiger charge is 2.39. The first-order chi connectivity index (χ1) is 14.6. The van der Waals surface area contributed by atoms with Crippen molar-refractivity contribution >= 4 is 23.4 Å². The molecular weight excluding hydrogens is 382 g/mol. The second-order valence-electron chi connectivity index (χ2n) is 7.51. The second kappa shape index (κ2) is 8.41. The summed E-state index contributed by atoms with van der Waals surface area (Å²) in [5.74, 6) is 1.68. The van der Waals surface area contributed by atoms with Crippen LogP contribution in [0, 0.1) is 12.3 Å². The maximum atomic E-state index is 12.8. The zero-order chi connectivity index (χ0) is 21.1. The number of aryl methyl sites for hydroxylation is 1. The van der Waals surface area contributed by atoms with Gasteiger partial charge in [0.1, 0.15) is 11.7 Å². The molecule has 1 unspecified atom stereocenters. The molecule has 2 aliphatic rings. The summed E-state index contributed by atoms with van der Waals surface area (Å²) >= 11 is 0. The third-order valence-corrected chi connectivity index (χ3v) is 5.52. The lowest BCUT2D eigenvalue weighted by atomic mass is 10.0. The monoisotopic (exact) mass is 405 g/mol. The number of amides is 3. The second-order valence-corrected chi connectivity index (χ2v) is 7.51. The van der Waals surface area contributed by atoms with Gasteiger partial charge in [-0.05, 0) is 37.3 Å². The molecule has 0 spiro atoms. The Labute approximate surface area is 174 Å². The molecule has 2 aliphatic heterocycles. The topological polar surface area (TPSA) is 96.3 Å². The van der Waals surface area contributed by atoms with Gasteiger partial charge in [0.2, 0.25) is 11.8 Å². The molecular formula is C22H23N5O3. The maximum absolute atomic E-state index is 12.8. The number of benzene rings is 1. The van der Waals surface area contributed by atoms with Crippen LogP contribution in [0.5, 0.6) is 0 Å². The van der Waals surface area contributed by atoms with Crippen LogP contribution in [0.25, 0.3) is 0 Å². The number of unbranched alkanes of at least 4 members (excludes halogenated alkanes) is 1. The van der Waals surface area contributed by atoms with Gasteiger partial charge in [0, 0.05) is 49.1 Å². The molecule has 4 rings (SSSR count). The van der Waals surface area contributed by atoms with Gasteiger partial charge in [-0.2, -0.15) is 0 Å². The number of piperidine rings is 1. The molecule has 0 saturated carbocycles. The molecule has 8 nitrogen and oxygen atoms in total. The Hall–Kier alpha value is -3.60. The number of nitrogens with one attached hydrogen (secondary N) is 2. The van der Waals surface area contributed by atoms with Gasteiger partial charge in [-0.3, -0.25) is 19.7 Å². The fourth-order valence-corrected chi connectivity index (χ4v) is 3.95. The predicted molar refractivity (Wildman–Crippen MR) is 110 cm³/mol. The van der Waals surface area contributed by atoms with Gasteiger partial charge >= 0.3 is 0 Å². The van der Waals surface area contributed by atoms with Gasteiger partial charge in [-0.15, -0.1) is 6.42 Å². The minimum Gasteiger partial charge on any atom is -0.385 e. The summed E-state index contributed by atoms with van der Waals surface area (Å²) in [6.45, 7) is 1.97. The van der Waals surface area contributed by atoms with Crippen molar-refractivity contribution in [3.63, 3.8) is 0 Å². The van der Waals surface area contributed by atoms with E-state index in [1.807, 2.05) is 22.9 Å². The zero-order valence-corrected chi connectivity index (χ0v) is 16.6. The van der Waals surface area contributed by atoms with Crippen LogP contribution < -0.4 is 10.6 Å². The Morgan fingerprint density at radius 3 is 2.90 bits per heavy atom. The molecule has 2 N–H and O–H groups in total. The van der Waals surface area contributed by atoms with E-state index >= 15 is 0 Å². The van der Waals surface area contributed by atoms with Gasteiger partial charge in [0.05, 0.1) is 6.33 Å². The Morgan fingerprint density at radius 2 is 2.13 bits per heavy atom. The first kappa shape index (κ1) is 19.7. The molecule has 2 aromatic rings. The fraction of sp³-hybridized carbons (Fsp3) is 0.364. The van der Waals surface area contributed by atoms with Gasteiger partial charge in [-0.25, -0.2) is 4.98 Å². The van der Waals surface area contributed by atoms with E-state index < -0.39 is 11.9 Å². The van der Waals surface area contributed by atoms with Crippen LogP contribution in [0.3, 0.4) is 0 Å². The van der Waals surface area contributed by atoms with Crippen LogP contribution in [0.4, 0.5) is 5.69 Å². The summed E-state index contributed by atoms with van der Waals surface area (Å²) in [6.07, 6.45) is 11.4. The first-order valence-electron chi connectivity index (χ1n) is 10.1. The average Bonchev–Trinajstić information content (AvgIpc) is 3.33. The molecule has 0 radical (unpaired) electrons. The molecule has 3 heterocycles. The van der Waals surface area contributed by atoms with Crippen LogP contribution in [0.15, 0.2) is 30.7 Å². The number of aromatic nitrogens is 2. The van der Waals surface area contributed by atoms with Crippen LogP contribution in [-0.4, -0.2) is 44.8 Å². The molecule has 3 amide bonds. The maximum Gasteiger partial charge on any atom is 0.255 e. The average molecular weight is 405 g/mol. The fourth-order valence-electron chi connectivity index (χ4n) is 3.95. The van der Waals surface area contributed by atoms with Gasteiger partial charge in [0.15, 0.2) is 0 Å². The third kappa shape index (κ3) is 3.92. The van der Waals surface area contributed by atoms with E-state index in [0.717, 1.165) is 37.2 Å². The number of imidazole rings is 1. The number of hydrogen-bond acceptors (Lipinski definition) is 5. The first-order valence-corrected chi connectivity index (χ1v) is 10.1. The summed E-state index contributed by atoms with van der Waals surface area (Å²) in [5, 5.41) is 5.75. The third-order valence-electron chi connectivity index (χ3n) is 5.52. The van der Waals surface area contributed by atoms with Crippen LogP contribution in [0.1, 0.15) is 47.3 Å². The highest BCUT2D eigenvalue weighted by Crippen LogP contribution is 2.32. The summed E-state index contributed by atoms with van der Waals surface area (Å²) in [6, 6.07) is 4.99. The Morgan fingerprint density at radius 1 is 1.27 bits per heavy atom. The van der Waals surface area contributed by atoms with Crippen LogP contribution in [-0.2, 0) is 22.7 Å². The van der Waals surface area contributed by atoms with E-state index in [-0.39, 0.29) is 18.2 Å². The van der Waals surface area contributed by atoms with Crippen molar-refractivity contribution in [3.8, 4) is 12.3 Å². The summed E-state index contributed by atoms with van der Waals surface area (Å²) < 4.78 is 1.98. The standard InChI is InChI=1S/C22H23N5O3/c1-2-15-12-26(14-24-15)11-4-3-10-23-18-7-5-6-16-17(18)13-27(22(16)30)19-8-9-20(28)25-21(19)29/h1,5-7,12,14,19,23H,3-4,8-11,13H2,(H,25,28,29). The van der Waals surface area contributed by atoms with E-state index in [9.17, 15) is 14.4 Å². The number of hydrogen-bond donors (Lipinski definition) is 2. The normalized spacial score (nSPS) is 18.2. The molecule has 1 atom stereocenters. The van der Waals surface area contributed by atoms with E-state index in [1.165, 1.54) is 0 Å². The minimum absolute atomic E-state index is 0.160. The lowest BCUT2D eigenvalue weighted by molar-refractivity contribution is -0.136. The molecule has 1 aromatic carbocycles. The van der Waals surface area contributed by atoms with Crippen molar-refractivity contribution in [1.82, 2.24) is 19.8 Å². The summed E-state index contributed by atoms with van der Waals surface area (Å²) in [7, 11) is 0. The Bertz CT molecular complexity index is 1040. The molecule has 0 bridgehead atoms. The molecule has 1 fully saturated rings. The number of terminal acetylenes is 1. The highest BCUT2D eigenvalue weighted by molar-refractivity contribution is 6.06. The van der Waals surface area contributed by atoms with Gasteiger partial charge in [-0.1, -0.05) is 6.07 Å². The smallest absolute Gasteiger partial charge is 0.255 e. The lowest BCUT2D eigenvalue weighted by Crippen LogP contribution is -2.52. The number of carbonyl (C=O) groups is 3. The van der Waals surface area contributed by atoms with Crippen molar-refractivity contribution in [2.45, 2.75) is 44.8 Å². The van der Waals surface area contributed by atoms with Crippen molar-refractivity contribution in [1.29, 1.82) is 0 Å². The number of nitrogens with zero attached hydrogens (tertiary/aromatic N) is 3. The minimum atomic E-state index is -0.599. The van der Waals surface area contributed by atoms with E-state index in [1.54, 1.807) is 17.3 Å². The summed E-state index contributed by atoms with van der Waals surface area (Å²) in [5.41, 5.74) is 3.07. The van der Waals surface area contributed by atoms with E-state index in [2.05, 4.69) is 21.5 Å². The van der Waals surface area contributed by atoms with Crippen LogP contribution in [0.2, 0.25) is 0 Å². The van der Waals surface area contributed by atoms with E-state index in [0.29, 0.717) is 24.2 Å². The largest absolute Gasteiger partial charge is 0.385 e. The molecule has 0 aliphatic carbocycles. The van der Waals surface area contributed by atoms with E-state index in [4.69, 9.17) is 6.42 Å². The Kier molecular flexibility index (Phi) is 5.53. The lowest BCUT2D eigenvalue weighted by Gasteiger charge is -2.29. The summed E-state index contributed by atoms with van der Waals surface area (Å²) in [4.78, 5) is 42.1. The number of imide groups is 1. The molecule has 8 heteroatoms. The van der Waals surface area contributed by atoms with Crippen LogP contribution >= 0.6 is 0 Å². The number of rotatable bonds is 7. The number of anilines is 1. The zero-order valence-electron chi connectivity index (χ0n) is 16.6. The highest BCUT2D eigenvalue weighted by atomic mass is 16.2. The van der Waals surface area contributed by atoms with Crippen molar-refractivity contribution < 1.29 is 14.4 Å².